The van der Waals surface area contributed by atoms with Gasteiger partial charge >= 0.3 is 0 Å². The van der Waals surface area contributed by atoms with Crippen LogP contribution in [0.5, 0.6) is 0 Å². The number of amides is 2. The zero-order valence-electron chi connectivity index (χ0n) is 23.9. The summed E-state index contributed by atoms with van der Waals surface area (Å²) in [5.74, 6) is -0.739. The van der Waals surface area contributed by atoms with Crippen LogP contribution in [-0.4, -0.2) is 43.8 Å². The number of rotatable bonds is 11. The Labute approximate surface area is 262 Å². The van der Waals surface area contributed by atoms with Crippen LogP contribution in [0.15, 0.2) is 82.2 Å². The van der Waals surface area contributed by atoms with Gasteiger partial charge < -0.3 is 10.2 Å². The zero-order chi connectivity index (χ0) is 30.3. The number of carbonyl (C=O) groups excluding carboxylic acids is 2. The molecule has 0 aliphatic heterocycles. The maximum Gasteiger partial charge on any atom is 0.264 e. The first kappa shape index (κ1) is 32.0. The van der Waals surface area contributed by atoms with E-state index in [-0.39, 0.29) is 23.4 Å². The Balaban J connectivity index is 1.71. The predicted octanol–water partition coefficient (Wildman–Crippen LogP) is 6.86. The monoisotopic (exact) mass is 673 g/mol. The van der Waals surface area contributed by atoms with Crippen LogP contribution in [0.2, 0.25) is 5.02 Å². The molecule has 4 rings (SSSR count). The van der Waals surface area contributed by atoms with E-state index < -0.39 is 28.5 Å². The lowest BCUT2D eigenvalue weighted by Gasteiger charge is -2.34. The number of carbonyl (C=O) groups is 2. The molecule has 10 heteroatoms. The summed E-state index contributed by atoms with van der Waals surface area (Å²) in [6.07, 6.45) is 5.45. The van der Waals surface area contributed by atoms with Crippen molar-refractivity contribution in [2.45, 2.75) is 75.9 Å². The molecular weight excluding hydrogens is 638 g/mol. The molecule has 3 aromatic rings. The van der Waals surface area contributed by atoms with Crippen LogP contribution in [0.25, 0.3) is 0 Å². The van der Waals surface area contributed by atoms with Gasteiger partial charge in [0.05, 0.1) is 10.6 Å². The van der Waals surface area contributed by atoms with Crippen LogP contribution in [0, 0.1) is 6.92 Å². The minimum atomic E-state index is -4.13. The molecule has 224 valence electrons. The first-order valence-corrected chi connectivity index (χ1v) is 16.9. The lowest BCUT2D eigenvalue weighted by atomic mass is 9.95. The summed E-state index contributed by atoms with van der Waals surface area (Å²) in [6, 6.07) is 19.8. The number of sulfonamides is 1. The summed E-state index contributed by atoms with van der Waals surface area (Å²) >= 11 is 9.92. The standard InChI is InChI=1S/C32H37BrClN3O4S/c1-3-30(32(39)35-26-12-5-4-6-13-26)36(21-24-10-7-8-15-29(24)34)31(38)22-37(27-14-9-11-25(33)20-27)42(40,41)28-18-16-23(2)17-19-28/h7-11,14-20,26,30H,3-6,12-13,21-22H2,1-2H3,(H,35,39)/t30-/m0/s1. The number of benzene rings is 3. The van der Waals surface area contributed by atoms with E-state index in [9.17, 15) is 18.0 Å². The van der Waals surface area contributed by atoms with E-state index in [4.69, 9.17) is 11.6 Å². The van der Waals surface area contributed by atoms with Gasteiger partial charge in [-0.2, -0.15) is 0 Å². The molecule has 0 aromatic heterocycles. The molecule has 1 saturated carbocycles. The van der Waals surface area contributed by atoms with Crippen molar-refractivity contribution < 1.29 is 18.0 Å². The number of hydrogen-bond acceptors (Lipinski definition) is 4. The van der Waals surface area contributed by atoms with Crippen molar-refractivity contribution in [1.29, 1.82) is 0 Å². The molecule has 1 aliphatic carbocycles. The predicted molar refractivity (Wildman–Crippen MR) is 171 cm³/mol. The Hall–Kier alpha value is -2.88. The highest BCUT2D eigenvalue weighted by Gasteiger charge is 2.34. The first-order valence-electron chi connectivity index (χ1n) is 14.3. The second kappa shape index (κ2) is 14.5. The van der Waals surface area contributed by atoms with Crippen molar-refractivity contribution in [3.8, 4) is 0 Å². The Morgan fingerprint density at radius 1 is 1.00 bits per heavy atom. The minimum absolute atomic E-state index is 0.0615. The van der Waals surface area contributed by atoms with Crippen LogP contribution >= 0.6 is 27.5 Å². The normalized spacial score (nSPS) is 14.7. The van der Waals surface area contributed by atoms with Gasteiger partial charge in [0, 0.05) is 22.1 Å². The largest absolute Gasteiger partial charge is 0.352 e. The molecule has 1 aliphatic rings. The average Bonchev–Trinajstić information content (AvgIpc) is 2.97. The quantitative estimate of drug-likeness (QED) is 0.241. The third-order valence-electron chi connectivity index (χ3n) is 7.62. The molecular formula is C32H37BrClN3O4S. The second-order valence-corrected chi connectivity index (χ2v) is 13.9. The third kappa shape index (κ3) is 7.94. The third-order valence-corrected chi connectivity index (χ3v) is 10.3. The van der Waals surface area contributed by atoms with Crippen LogP contribution in [0.4, 0.5) is 5.69 Å². The van der Waals surface area contributed by atoms with E-state index in [2.05, 4.69) is 21.2 Å². The van der Waals surface area contributed by atoms with Crippen molar-refractivity contribution in [2.24, 2.45) is 0 Å². The van der Waals surface area contributed by atoms with Gasteiger partial charge in [-0.1, -0.05) is 95.7 Å². The van der Waals surface area contributed by atoms with Gasteiger partial charge in [-0.05, 0) is 68.1 Å². The van der Waals surface area contributed by atoms with Gasteiger partial charge in [-0.25, -0.2) is 8.42 Å². The number of anilines is 1. The molecule has 1 N–H and O–H groups in total. The van der Waals surface area contributed by atoms with E-state index in [1.54, 1.807) is 48.5 Å². The molecule has 0 bridgehead atoms. The minimum Gasteiger partial charge on any atom is -0.352 e. The first-order chi connectivity index (χ1) is 20.1. The fourth-order valence-electron chi connectivity index (χ4n) is 5.27. The van der Waals surface area contributed by atoms with Crippen molar-refractivity contribution in [1.82, 2.24) is 10.2 Å². The number of nitrogens with one attached hydrogen (secondary N) is 1. The molecule has 1 fully saturated rings. The van der Waals surface area contributed by atoms with Crippen molar-refractivity contribution in [3.63, 3.8) is 0 Å². The van der Waals surface area contributed by atoms with Gasteiger partial charge in [0.25, 0.3) is 10.0 Å². The Morgan fingerprint density at radius 2 is 1.69 bits per heavy atom. The summed E-state index contributed by atoms with van der Waals surface area (Å²) in [4.78, 5) is 29.4. The fraction of sp³-hybridized carbons (Fsp3) is 0.375. The van der Waals surface area contributed by atoms with E-state index in [0.29, 0.717) is 27.2 Å². The highest BCUT2D eigenvalue weighted by molar-refractivity contribution is 9.10. The lowest BCUT2D eigenvalue weighted by Crippen LogP contribution is -2.54. The SMILES string of the molecule is CC[C@@H](C(=O)NC1CCCCC1)N(Cc1ccccc1Cl)C(=O)CN(c1cccc(Br)c1)S(=O)(=O)c1ccc(C)cc1. The summed E-state index contributed by atoms with van der Waals surface area (Å²) in [5.41, 5.74) is 1.92. The van der Waals surface area contributed by atoms with Crippen LogP contribution in [0.1, 0.15) is 56.6 Å². The summed E-state index contributed by atoms with van der Waals surface area (Å²) < 4.78 is 29.8. The number of halogens is 2. The molecule has 42 heavy (non-hydrogen) atoms. The lowest BCUT2D eigenvalue weighted by molar-refractivity contribution is -0.140. The van der Waals surface area contributed by atoms with Crippen molar-refractivity contribution >= 4 is 55.1 Å². The summed E-state index contributed by atoms with van der Waals surface area (Å²) in [6.45, 7) is 3.30. The van der Waals surface area contributed by atoms with E-state index in [0.717, 1.165) is 42.0 Å². The summed E-state index contributed by atoms with van der Waals surface area (Å²) in [5, 5.41) is 3.62. The molecule has 0 heterocycles. The topological polar surface area (TPSA) is 86.8 Å². The van der Waals surface area contributed by atoms with Crippen molar-refractivity contribution in [3.05, 3.63) is 93.4 Å². The molecule has 7 nitrogen and oxygen atoms in total. The second-order valence-electron chi connectivity index (χ2n) is 10.7. The van der Waals surface area contributed by atoms with Crippen LogP contribution < -0.4 is 9.62 Å². The maximum atomic E-state index is 14.2. The molecule has 0 unspecified atom stereocenters. The Kier molecular flexibility index (Phi) is 11.1. The molecule has 3 aromatic carbocycles. The molecule has 1 atom stereocenters. The van der Waals surface area contributed by atoms with Gasteiger partial charge in [0.1, 0.15) is 12.6 Å². The fourth-order valence-corrected chi connectivity index (χ4v) is 7.26. The maximum absolute atomic E-state index is 14.2. The van der Waals surface area contributed by atoms with E-state index >= 15 is 0 Å². The summed E-state index contributed by atoms with van der Waals surface area (Å²) in [7, 11) is -4.13. The average molecular weight is 675 g/mol. The molecule has 0 radical (unpaired) electrons. The Bertz CT molecular complexity index is 1490. The highest BCUT2D eigenvalue weighted by Crippen LogP contribution is 2.28. The van der Waals surface area contributed by atoms with Gasteiger partial charge in [-0.3, -0.25) is 13.9 Å². The van der Waals surface area contributed by atoms with E-state index in [1.165, 1.54) is 17.0 Å². The number of aryl methyl sites for hydroxylation is 1. The van der Waals surface area contributed by atoms with Crippen molar-refractivity contribution in [2.75, 3.05) is 10.8 Å². The van der Waals surface area contributed by atoms with E-state index in [1.807, 2.05) is 26.0 Å². The van der Waals surface area contributed by atoms with Gasteiger partial charge in [-0.15, -0.1) is 0 Å². The molecule has 0 saturated heterocycles. The van der Waals surface area contributed by atoms with Crippen LogP contribution in [0.3, 0.4) is 0 Å². The zero-order valence-corrected chi connectivity index (χ0v) is 27.1. The number of nitrogens with zero attached hydrogens (tertiary/aromatic N) is 2. The highest BCUT2D eigenvalue weighted by atomic mass is 79.9. The molecule has 0 spiro atoms. The van der Waals surface area contributed by atoms with Gasteiger partial charge in [0.15, 0.2) is 0 Å². The Morgan fingerprint density at radius 3 is 2.33 bits per heavy atom. The smallest absolute Gasteiger partial charge is 0.264 e. The van der Waals surface area contributed by atoms with Crippen LogP contribution in [-0.2, 0) is 26.2 Å². The molecule has 2 amide bonds. The van der Waals surface area contributed by atoms with Gasteiger partial charge in [0.2, 0.25) is 11.8 Å². The number of hydrogen-bond donors (Lipinski definition) is 1.